The van der Waals surface area contributed by atoms with Crippen LogP contribution in [0, 0.1) is 0 Å². The van der Waals surface area contributed by atoms with E-state index in [2.05, 4.69) is 9.46 Å². The van der Waals surface area contributed by atoms with Gasteiger partial charge in [0.25, 0.3) is 0 Å². The molecule has 0 aromatic heterocycles. The van der Waals surface area contributed by atoms with Crippen LogP contribution in [0.1, 0.15) is 18.4 Å². The minimum Gasteiger partial charge on any atom is -0.481 e. The molecule has 2 N–H and O–H groups in total. The van der Waals surface area contributed by atoms with Crippen LogP contribution in [0.25, 0.3) is 0 Å². The number of ether oxygens (including phenoxy) is 1. The number of hydrogen-bond donors (Lipinski definition) is 2. The number of carbonyl (C=O) groups excluding carboxylic acids is 1. The van der Waals surface area contributed by atoms with Crippen LogP contribution in [0.2, 0.25) is 0 Å². The summed E-state index contributed by atoms with van der Waals surface area (Å²) >= 11 is 0. The van der Waals surface area contributed by atoms with Gasteiger partial charge in [0.2, 0.25) is 10.0 Å². The highest BCUT2D eigenvalue weighted by atomic mass is 32.2. The smallest absolute Gasteiger partial charge is 0.306 e. The lowest BCUT2D eigenvalue weighted by Crippen LogP contribution is -2.26. The van der Waals surface area contributed by atoms with Crippen LogP contribution < -0.4 is 4.72 Å². The van der Waals surface area contributed by atoms with Crippen LogP contribution in [0.5, 0.6) is 0 Å². The molecule has 0 aliphatic heterocycles. The number of benzene rings is 1. The molecule has 7 nitrogen and oxygen atoms in total. The lowest BCUT2D eigenvalue weighted by atomic mass is 10.1. The van der Waals surface area contributed by atoms with Gasteiger partial charge in [-0.25, -0.2) is 13.1 Å². The summed E-state index contributed by atoms with van der Waals surface area (Å²) in [6.07, 6.45) is 0.279. The summed E-state index contributed by atoms with van der Waals surface area (Å²) in [5, 5.41) is 8.58. The summed E-state index contributed by atoms with van der Waals surface area (Å²) < 4.78 is 30.5. The van der Waals surface area contributed by atoms with Gasteiger partial charge in [0.15, 0.2) is 0 Å². The van der Waals surface area contributed by atoms with E-state index < -0.39 is 22.0 Å². The fourth-order valence-electron chi connectivity index (χ4n) is 1.56. The third kappa shape index (κ3) is 5.92. The van der Waals surface area contributed by atoms with Gasteiger partial charge >= 0.3 is 11.9 Å². The van der Waals surface area contributed by atoms with Gasteiger partial charge in [0, 0.05) is 13.0 Å². The lowest BCUT2D eigenvalue weighted by molar-refractivity contribution is -0.140. The molecule has 0 radical (unpaired) electrons. The van der Waals surface area contributed by atoms with Crippen molar-refractivity contribution in [2.75, 3.05) is 13.7 Å². The molecule has 0 bridgehead atoms. The maximum atomic E-state index is 11.9. The number of methoxy groups -OCH3 is 1. The fourth-order valence-corrected chi connectivity index (χ4v) is 2.59. The average Bonchev–Trinajstić information content (AvgIpc) is 2.45. The molecular formula is C13H17NO6S. The monoisotopic (exact) mass is 315 g/mol. The molecule has 1 aromatic rings. The van der Waals surface area contributed by atoms with Crippen molar-refractivity contribution in [2.24, 2.45) is 0 Å². The number of carboxylic acids is 1. The van der Waals surface area contributed by atoms with Crippen molar-refractivity contribution in [1.82, 2.24) is 4.72 Å². The summed E-state index contributed by atoms with van der Waals surface area (Å²) in [6.45, 7) is -0.0459. The normalized spacial score (nSPS) is 11.1. The third-order valence-electron chi connectivity index (χ3n) is 2.71. The van der Waals surface area contributed by atoms with E-state index >= 15 is 0 Å². The molecular weight excluding hydrogens is 298 g/mol. The van der Waals surface area contributed by atoms with Gasteiger partial charge in [-0.15, -0.1) is 0 Å². The van der Waals surface area contributed by atoms with E-state index in [9.17, 15) is 18.0 Å². The van der Waals surface area contributed by atoms with Crippen LogP contribution in [-0.4, -0.2) is 39.1 Å². The van der Waals surface area contributed by atoms with Crippen molar-refractivity contribution in [3.63, 3.8) is 0 Å². The van der Waals surface area contributed by atoms with Gasteiger partial charge < -0.3 is 9.84 Å². The van der Waals surface area contributed by atoms with Gasteiger partial charge in [-0.05, 0) is 24.1 Å². The Morgan fingerprint density at radius 1 is 1.19 bits per heavy atom. The summed E-state index contributed by atoms with van der Waals surface area (Å²) in [5.41, 5.74) is 0.742. The van der Waals surface area contributed by atoms with Crippen molar-refractivity contribution in [3.8, 4) is 0 Å². The Labute approximate surface area is 123 Å². The second-order valence-electron chi connectivity index (χ2n) is 4.26. The molecule has 0 spiro atoms. The van der Waals surface area contributed by atoms with Crippen molar-refractivity contribution in [3.05, 3.63) is 29.8 Å². The number of nitrogens with one attached hydrogen (secondary N) is 1. The predicted octanol–water partition coefficient (Wildman–Crippen LogP) is 0.545. The molecule has 0 amide bonds. The Kier molecular flexibility index (Phi) is 6.32. The van der Waals surface area contributed by atoms with E-state index in [0.717, 1.165) is 5.56 Å². The van der Waals surface area contributed by atoms with Gasteiger partial charge in [0.05, 0.1) is 18.4 Å². The van der Waals surface area contributed by atoms with Crippen LogP contribution in [0.4, 0.5) is 0 Å². The number of sulfonamides is 1. The van der Waals surface area contributed by atoms with Gasteiger partial charge in [-0.2, -0.15) is 0 Å². The van der Waals surface area contributed by atoms with Crippen LogP contribution in [0.3, 0.4) is 0 Å². The maximum Gasteiger partial charge on any atom is 0.306 e. The van der Waals surface area contributed by atoms with Crippen molar-refractivity contribution < 1.29 is 27.9 Å². The standard InChI is InChI=1S/C13H17NO6S/c1-20-13(17)8-9-14-21(18,19)11-5-2-10(3-6-11)4-7-12(15)16/h2-3,5-6,14H,4,7-9H2,1H3,(H,15,16). The number of hydrogen-bond acceptors (Lipinski definition) is 5. The highest BCUT2D eigenvalue weighted by Gasteiger charge is 2.14. The van der Waals surface area contributed by atoms with Gasteiger partial charge in [-0.1, -0.05) is 12.1 Å². The van der Waals surface area contributed by atoms with E-state index in [4.69, 9.17) is 5.11 Å². The molecule has 21 heavy (non-hydrogen) atoms. The second-order valence-corrected chi connectivity index (χ2v) is 6.03. The molecule has 0 unspecified atom stereocenters. The molecule has 0 saturated carbocycles. The Balaban J connectivity index is 2.62. The number of esters is 1. The molecule has 0 aliphatic rings. The first-order chi connectivity index (χ1) is 9.85. The summed E-state index contributed by atoms with van der Waals surface area (Å²) in [5.74, 6) is -1.40. The van der Waals surface area contributed by atoms with Crippen LogP contribution in [-0.2, 0) is 30.8 Å². The van der Waals surface area contributed by atoms with E-state index in [1.54, 1.807) is 12.1 Å². The number of carboxylic acid groups (broad SMARTS) is 1. The maximum absolute atomic E-state index is 11.9. The molecule has 0 aliphatic carbocycles. The van der Waals surface area contributed by atoms with Crippen molar-refractivity contribution in [2.45, 2.75) is 24.2 Å². The first-order valence-electron chi connectivity index (χ1n) is 6.22. The highest BCUT2D eigenvalue weighted by molar-refractivity contribution is 7.89. The molecule has 116 valence electrons. The minimum atomic E-state index is -3.69. The third-order valence-corrected chi connectivity index (χ3v) is 4.19. The quantitative estimate of drug-likeness (QED) is 0.678. The van der Waals surface area contributed by atoms with Crippen LogP contribution in [0.15, 0.2) is 29.2 Å². The zero-order valence-corrected chi connectivity index (χ0v) is 12.4. The zero-order chi connectivity index (χ0) is 15.9. The Morgan fingerprint density at radius 3 is 2.33 bits per heavy atom. The first kappa shape index (κ1) is 17.1. The first-order valence-corrected chi connectivity index (χ1v) is 7.70. The molecule has 0 heterocycles. The molecule has 1 aromatic carbocycles. The number of aryl methyl sites for hydroxylation is 1. The fraction of sp³-hybridized carbons (Fsp3) is 0.385. The Morgan fingerprint density at radius 2 is 1.81 bits per heavy atom. The van der Waals surface area contributed by atoms with E-state index in [1.807, 2.05) is 0 Å². The summed E-state index contributed by atoms with van der Waals surface area (Å²) in [4.78, 5) is 21.4. The average molecular weight is 315 g/mol. The highest BCUT2D eigenvalue weighted by Crippen LogP contribution is 2.11. The topological polar surface area (TPSA) is 110 Å². The SMILES string of the molecule is COC(=O)CCNS(=O)(=O)c1ccc(CCC(=O)O)cc1. The van der Waals surface area contributed by atoms with E-state index in [-0.39, 0.29) is 24.3 Å². The van der Waals surface area contributed by atoms with Crippen LogP contribution >= 0.6 is 0 Å². The molecule has 1 rings (SSSR count). The van der Waals surface area contributed by atoms with E-state index in [1.165, 1.54) is 19.2 Å². The Bertz CT molecular complexity index is 594. The predicted molar refractivity (Wildman–Crippen MR) is 74.2 cm³/mol. The number of aliphatic carboxylic acids is 1. The minimum absolute atomic E-state index is 0.0104. The van der Waals surface area contributed by atoms with Gasteiger partial charge in [-0.3, -0.25) is 9.59 Å². The summed E-state index contributed by atoms with van der Waals surface area (Å²) in [6, 6.07) is 5.94. The molecule has 0 atom stereocenters. The molecule has 0 fully saturated rings. The van der Waals surface area contributed by atoms with E-state index in [0.29, 0.717) is 6.42 Å². The second kappa shape index (κ2) is 7.75. The van der Waals surface area contributed by atoms with Gasteiger partial charge in [0.1, 0.15) is 0 Å². The number of carbonyl (C=O) groups is 2. The number of rotatable bonds is 8. The van der Waals surface area contributed by atoms with Crippen molar-refractivity contribution in [1.29, 1.82) is 0 Å². The molecule has 8 heteroatoms. The largest absolute Gasteiger partial charge is 0.481 e. The zero-order valence-electron chi connectivity index (χ0n) is 11.5. The van der Waals surface area contributed by atoms with Crippen molar-refractivity contribution >= 4 is 22.0 Å². The lowest BCUT2D eigenvalue weighted by Gasteiger charge is -2.07. The summed E-state index contributed by atoms with van der Waals surface area (Å²) in [7, 11) is -2.46. The molecule has 0 saturated heterocycles. The Hall–Kier alpha value is -1.93.